The van der Waals surface area contributed by atoms with Crippen molar-refractivity contribution in [1.82, 2.24) is 15.1 Å². The number of piperazine rings is 1. The van der Waals surface area contributed by atoms with E-state index in [0.717, 1.165) is 0 Å². The Bertz CT molecular complexity index is 339. The van der Waals surface area contributed by atoms with Gasteiger partial charge in [0.25, 0.3) is 0 Å². The second kappa shape index (κ2) is 7.44. The Labute approximate surface area is 119 Å². The van der Waals surface area contributed by atoms with E-state index < -0.39 is 11.5 Å². The lowest BCUT2D eigenvalue weighted by Gasteiger charge is -2.36. The van der Waals surface area contributed by atoms with Crippen molar-refractivity contribution in [2.75, 3.05) is 46.4 Å². The number of aliphatic carboxylic acids is 1. The normalized spacial score (nSPS) is 17.1. The van der Waals surface area contributed by atoms with E-state index in [4.69, 9.17) is 9.84 Å². The minimum atomic E-state index is -0.786. The number of hydrogen-bond donors (Lipinski definition) is 2. The van der Waals surface area contributed by atoms with E-state index in [-0.39, 0.29) is 12.5 Å². The number of carbonyl (C=O) groups excluding carboxylic acids is 1. The van der Waals surface area contributed by atoms with E-state index in [1.807, 2.05) is 13.8 Å². The van der Waals surface area contributed by atoms with Crippen molar-refractivity contribution in [2.24, 2.45) is 0 Å². The second-order valence-electron chi connectivity index (χ2n) is 5.72. The molecule has 0 radical (unpaired) electrons. The topological polar surface area (TPSA) is 82.1 Å². The van der Waals surface area contributed by atoms with Gasteiger partial charge in [-0.1, -0.05) is 0 Å². The monoisotopic (exact) mass is 287 g/mol. The lowest BCUT2D eigenvalue weighted by molar-refractivity contribution is -0.137. The summed E-state index contributed by atoms with van der Waals surface area (Å²) in [4.78, 5) is 26.5. The molecule has 0 aliphatic carbocycles. The summed E-state index contributed by atoms with van der Waals surface area (Å²) >= 11 is 0. The fourth-order valence-electron chi connectivity index (χ4n) is 2.19. The van der Waals surface area contributed by atoms with Crippen molar-refractivity contribution < 1.29 is 19.4 Å². The van der Waals surface area contributed by atoms with Crippen molar-refractivity contribution >= 4 is 12.0 Å². The number of carbonyl (C=O) groups is 2. The van der Waals surface area contributed by atoms with E-state index in [1.165, 1.54) is 0 Å². The zero-order valence-corrected chi connectivity index (χ0v) is 12.5. The summed E-state index contributed by atoms with van der Waals surface area (Å²) in [5.41, 5.74) is -0.397. The summed E-state index contributed by atoms with van der Waals surface area (Å²) in [6.45, 7) is 7.49. The van der Waals surface area contributed by atoms with Gasteiger partial charge in [0.1, 0.15) is 0 Å². The Morgan fingerprint density at radius 3 is 2.35 bits per heavy atom. The van der Waals surface area contributed by atoms with Gasteiger partial charge >= 0.3 is 12.0 Å². The highest BCUT2D eigenvalue weighted by molar-refractivity contribution is 5.75. The molecule has 0 spiro atoms. The quantitative estimate of drug-likeness (QED) is 0.730. The van der Waals surface area contributed by atoms with Gasteiger partial charge in [-0.2, -0.15) is 0 Å². The number of nitrogens with one attached hydrogen (secondary N) is 1. The van der Waals surface area contributed by atoms with Crippen LogP contribution in [0.1, 0.15) is 20.3 Å². The van der Waals surface area contributed by atoms with Crippen LogP contribution in [0, 0.1) is 0 Å². The highest BCUT2D eigenvalue weighted by Gasteiger charge is 2.26. The van der Waals surface area contributed by atoms with Crippen molar-refractivity contribution in [1.29, 1.82) is 0 Å². The highest BCUT2D eigenvalue weighted by Crippen LogP contribution is 2.07. The number of hydrogen-bond acceptors (Lipinski definition) is 4. The fourth-order valence-corrected chi connectivity index (χ4v) is 2.19. The van der Waals surface area contributed by atoms with Gasteiger partial charge in [0.05, 0.1) is 18.6 Å². The van der Waals surface area contributed by atoms with Crippen LogP contribution in [-0.2, 0) is 9.53 Å². The predicted molar refractivity (Wildman–Crippen MR) is 74.8 cm³/mol. The summed E-state index contributed by atoms with van der Waals surface area (Å²) in [5.74, 6) is -0.786. The van der Waals surface area contributed by atoms with Gasteiger partial charge in [-0.15, -0.1) is 0 Å². The Morgan fingerprint density at radius 1 is 1.25 bits per heavy atom. The smallest absolute Gasteiger partial charge is 0.317 e. The Morgan fingerprint density at radius 2 is 1.85 bits per heavy atom. The maximum absolute atomic E-state index is 12.1. The molecule has 1 rings (SSSR count). The van der Waals surface area contributed by atoms with Gasteiger partial charge in [-0.3, -0.25) is 9.69 Å². The van der Waals surface area contributed by atoms with Gasteiger partial charge in [0.15, 0.2) is 0 Å². The molecule has 7 nitrogen and oxygen atoms in total. The number of rotatable bonds is 6. The maximum Gasteiger partial charge on any atom is 0.317 e. The molecule has 1 heterocycles. The molecule has 0 unspecified atom stereocenters. The molecule has 7 heteroatoms. The van der Waals surface area contributed by atoms with Crippen molar-refractivity contribution in [3.8, 4) is 0 Å². The number of urea groups is 1. The summed E-state index contributed by atoms with van der Waals surface area (Å²) in [6, 6.07) is -0.0927. The number of amides is 2. The molecule has 0 aromatic carbocycles. The summed E-state index contributed by atoms with van der Waals surface area (Å²) in [5, 5.41) is 11.6. The number of methoxy groups -OCH3 is 1. The summed E-state index contributed by atoms with van der Waals surface area (Å²) in [7, 11) is 1.61. The molecule has 0 aromatic heterocycles. The molecule has 1 saturated heterocycles. The average molecular weight is 287 g/mol. The predicted octanol–water partition coefficient (Wildman–Crippen LogP) is 0.213. The third kappa shape index (κ3) is 5.75. The van der Waals surface area contributed by atoms with Crippen LogP contribution in [0.15, 0.2) is 0 Å². The zero-order valence-electron chi connectivity index (χ0n) is 12.5. The van der Waals surface area contributed by atoms with E-state index in [1.54, 1.807) is 12.0 Å². The van der Waals surface area contributed by atoms with E-state index in [0.29, 0.717) is 39.3 Å². The van der Waals surface area contributed by atoms with Gasteiger partial charge in [0.2, 0.25) is 0 Å². The van der Waals surface area contributed by atoms with E-state index in [2.05, 4.69) is 10.2 Å². The standard InChI is InChI=1S/C13H25N3O4/c1-13(2,10-20-3)14-12(19)16-8-6-15(7-9-16)5-4-11(17)18/h4-10H2,1-3H3,(H,14,19)(H,17,18). The van der Waals surface area contributed by atoms with E-state index in [9.17, 15) is 9.59 Å². The maximum atomic E-state index is 12.1. The number of nitrogens with zero attached hydrogens (tertiary/aromatic N) is 2. The van der Waals surface area contributed by atoms with Crippen LogP contribution in [0.3, 0.4) is 0 Å². The van der Waals surface area contributed by atoms with Crippen LogP contribution in [0.4, 0.5) is 4.79 Å². The molecule has 2 amide bonds. The molecule has 2 N–H and O–H groups in total. The van der Waals surface area contributed by atoms with Crippen molar-refractivity contribution in [2.45, 2.75) is 25.8 Å². The third-order valence-corrected chi connectivity index (χ3v) is 3.25. The van der Waals surface area contributed by atoms with Crippen LogP contribution in [-0.4, -0.2) is 78.9 Å². The van der Waals surface area contributed by atoms with Crippen LogP contribution in [0.5, 0.6) is 0 Å². The number of carboxylic acid groups (broad SMARTS) is 1. The highest BCUT2D eigenvalue weighted by atomic mass is 16.5. The van der Waals surface area contributed by atoms with Crippen LogP contribution in [0.2, 0.25) is 0 Å². The van der Waals surface area contributed by atoms with Crippen LogP contribution in [0.25, 0.3) is 0 Å². The van der Waals surface area contributed by atoms with Crippen molar-refractivity contribution in [3.05, 3.63) is 0 Å². The molecular weight excluding hydrogens is 262 g/mol. The molecule has 1 fully saturated rings. The lowest BCUT2D eigenvalue weighted by Crippen LogP contribution is -2.57. The summed E-state index contributed by atoms with van der Waals surface area (Å²) in [6.07, 6.45) is 0.146. The van der Waals surface area contributed by atoms with Crippen molar-refractivity contribution in [3.63, 3.8) is 0 Å². The number of carboxylic acids is 1. The average Bonchev–Trinajstić information content (AvgIpc) is 2.36. The number of ether oxygens (including phenoxy) is 1. The minimum absolute atomic E-state index is 0.0927. The molecule has 116 valence electrons. The minimum Gasteiger partial charge on any atom is -0.481 e. The molecule has 1 aliphatic heterocycles. The van der Waals surface area contributed by atoms with E-state index >= 15 is 0 Å². The first kappa shape index (κ1) is 16.7. The lowest BCUT2D eigenvalue weighted by atomic mass is 10.1. The molecule has 0 saturated carbocycles. The molecule has 20 heavy (non-hydrogen) atoms. The van der Waals surface area contributed by atoms with Gasteiger partial charge in [0, 0.05) is 39.8 Å². The summed E-state index contributed by atoms with van der Waals surface area (Å²) < 4.78 is 5.07. The Balaban J connectivity index is 2.33. The largest absolute Gasteiger partial charge is 0.481 e. The molecule has 1 aliphatic rings. The fraction of sp³-hybridized carbons (Fsp3) is 0.846. The first-order valence-corrected chi connectivity index (χ1v) is 6.84. The van der Waals surface area contributed by atoms with Crippen LogP contribution < -0.4 is 5.32 Å². The first-order chi connectivity index (χ1) is 9.34. The SMILES string of the molecule is COCC(C)(C)NC(=O)N1CCN(CCC(=O)O)CC1. The first-order valence-electron chi connectivity index (χ1n) is 6.84. The third-order valence-electron chi connectivity index (χ3n) is 3.25. The van der Waals surface area contributed by atoms with Gasteiger partial charge in [-0.25, -0.2) is 4.79 Å². The Hall–Kier alpha value is -1.34. The molecular formula is C13H25N3O4. The molecule has 0 bridgehead atoms. The van der Waals surface area contributed by atoms with Gasteiger partial charge < -0.3 is 20.1 Å². The molecule has 0 aromatic rings. The van der Waals surface area contributed by atoms with Crippen LogP contribution >= 0.6 is 0 Å². The Kier molecular flexibility index (Phi) is 6.22. The second-order valence-corrected chi connectivity index (χ2v) is 5.72. The molecule has 0 atom stereocenters. The van der Waals surface area contributed by atoms with Gasteiger partial charge in [-0.05, 0) is 13.8 Å². The zero-order chi connectivity index (χ0) is 15.2.